The predicted octanol–water partition coefficient (Wildman–Crippen LogP) is 6.72. The Balaban J connectivity index is 0.00000117. The monoisotopic (exact) mass is 521 g/mol. The second kappa shape index (κ2) is 11.8. The summed E-state index contributed by atoms with van der Waals surface area (Å²) in [5, 5.41) is 0. The summed E-state index contributed by atoms with van der Waals surface area (Å²) in [7, 11) is 8.63. The summed E-state index contributed by atoms with van der Waals surface area (Å²) >= 11 is 1.82. The number of aryl methyl sites for hydroxylation is 2. The summed E-state index contributed by atoms with van der Waals surface area (Å²) in [6, 6.07) is 16.3. The molecule has 2 aromatic heterocycles. The van der Waals surface area contributed by atoms with Crippen LogP contribution in [-0.2, 0) is 31.4 Å². The molecule has 0 unspecified atom stereocenters. The molecule has 31 heavy (non-hydrogen) atoms. The van der Waals surface area contributed by atoms with Gasteiger partial charge in [0.2, 0.25) is 0 Å². The summed E-state index contributed by atoms with van der Waals surface area (Å²) in [6.07, 6.45) is 6.07. The van der Waals surface area contributed by atoms with Crippen LogP contribution in [0, 0.1) is 14.9 Å². The molecule has 0 atom stereocenters. The number of hydrogen-bond acceptors (Lipinski definition) is 2. The zero-order valence-electron chi connectivity index (χ0n) is 18.6. The third kappa shape index (κ3) is 5.41. The molecule has 0 N–H and O–H groups in total. The molecule has 4 rings (SSSR count). The topological polar surface area (TPSA) is 35.6 Å². The van der Waals surface area contributed by atoms with Crippen molar-refractivity contribution in [1.29, 1.82) is 0 Å². The molecule has 6 heteroatoms. The molecule has 0 aliphatic heterocycles. The number of hydrogen-bond donors (Lipinski definition) is 0. The number of para-hydroxylation sites is 4. The van der Waals surface area contributed by atoms with E-state index < -0.39 is 0 Å². The molecule has 2 heterocycles. The molecule has 0 fully saturated rings. The van der Waals surface area contributed by atoms with Crippen molar-refractivity contribution in [2.75, 3.05) is 0 Å². The summed E-state index contributed by atoms with van der Waals surface area (Å²) in [4.78, 5) is 9.42. The number of allylic oxidation sites excluding steroid dienone is 5. The van der Waals surface area contributed by atoms with Gasteiger partial charge in [-0.3, -0.25) is 0 Å². The van der Waals surface area contributed by atoms with E-state index in [2.05, 4.69) is 55.5 Å². The molecule has 0 aliphatic rings. The van der Waals surface area contributed by atoms with Crippen molar-refractivity contribution in [2.45, 2.75) is 6.92 Å². The second-order valence-electron chi connectivity index (χ2n) is 6.70. The molecule has 0 aliphatic carbocycles. The minimum atomic E-state index is 0. The molecule has 163 valence electrons. The number of aromatic nitrogens is 4. The Bertz CT molecular complexity index is 1230. The molecular weight excluding hydrogens is 493 g/mol. The standard InChI is InChI=1S/C23H22N4.2CH3.ClH.Ru/c1-16(22-24-18-12-5-7-14-20(18)26(22)3)10-9-11-17(2)23-25-19-13-6-8-15-21(19)27(23)4;;;;/h5-15H,1H2,2-4H3;2*1H3;1H;/q;2*-1;;+3/p-1/b10-9-,17-11+;;;;. The average molecular weight is 521 g/mol. The maximum absolute atomic E-state index is 4.73. The van der Waals surface area contributed by atoms with Crippen molar-refractivity contribution < 1.29 is 17.3 Å². The van der Waals surface area contributed by atoms with E-state index in [1.54, 1.807) is 0 Å². The van der Waals surface area contributed by atoms with E-state index >= 15 is 0 Å². The van der Waals surface area contributed by atoms with E-state index in [1.807, 2.05) is 80.0 Å². The van der Waals surface area contributed by atoms with Crippen molar-refractivity contribution in [3.05, 3.63) is 99.8 Å². The van der Waals surface area contributed by atoms with Gasteiger partial charge >= 0.3 is 27.0 Å². The summed E-state index contributed by atoms with van der Waals surface area (Å²) in [5.41, 5.74) is 6.21. The molecule has 0 radical (unpaired) electrons. The number of fused-ring (bicyclic) bond motifs is 2. The third-order valence-electron chi connectivity index (χ3n) is 4.86. The summed E-state index contributed by atoms with van der Waals surface area (Å²) < 4.78 is 4.19. The van der Waals surface area contributed by atoms with Crippen LogP contribution < -0.4 is 0 Å². The normalized spacial score (nSPS) is 11.0. The average Bonchev–Trinajstić information content (AvgIpc) is 3.27. The van der Waals surface area contributed by atoms with E-state index in [0.717, 1.165) is 44.9 Å². The first-order valence-corrected chi connectivity index (χ1v) is 11.3. The Labute approximate surface area is 199 Å². The van der Waals surface area contributed by atoms with Gasteiger partial charge in [0.15, 0.2) is 0 Å². The third-order valence-corrected chi connectivity index (χ3v) is 4.86. The Morgan fingerprint density at radius 2 is 1.32 bits per heavy atom. The number of imidazole rings is 2. The van der Waals surface area contributed by atoms with Crippen LogP contribution in [0.3, 0.4) is 0 Å². The van der Waals surface area contributed by atoms with E-state index in [4.69, 9.17) is 4.98 Å². The van der Waals surface area contributed by atoms with Crippen LogP contribution in [0.15, 0.2) is 73.3 Å². The van der Waals surface area contributed by atoms with Gasteiger partial charge in [0.05, 0.1) is 22.1 Å². The van der Waals surface area contributed by atoms with Gasteiger partial charge in [-0.2, -0.15) is 0 Å². The number of rotatable bonds is 4. The van der Waals surface area contributed by atoms with Gasteiger partial charge in [0, 0.05) is 19.7 Å². The van der Waals surface area contributed by atoms with Crippen molar-refractivity contribution >= 4 is 42.9 Å². The van der Waals surface area contributed by atoms with Gasteiger partial charge < -0.3 is 24.0 Å². The fraction of sp³-hybridized carbons (Fsp3) is 0.120. The van der Waals surface area contributed by atoms with Crippen LogP contribution in [0.2, 0.25) is 0 Å². The van der Waals surface area contributed by atoms with Gasteiger partial charge in [-0.05, 0) is 36.8 Å². The van der Waals surface area contributed by atoms with Crippen molar-refractivity contribution in [2.24, 2.45) is 14.1 Å². The fourth-order valence-corrected chi connectivity index (χ4v) is 3.39. The summed E-state index contributed by atoms with van der Waals surface area (Å²) in [5.74, 6) is 1.84. The number of halogens is 1. The minimum absolute atomic E-state index is 0. The maximum atomic E-state index is 4.73. The Kier molecular flexibility index (Phi) is 10.1. The molecule has 0 bridgehead atoms. The first-order chi connectivity index (χ1) is 14.1. The van der Waals surface area contributed by atoms with E-state index in [-0.39, 0.29) is 14.9 Å². The zero-order valence-corrected chi connectivity index (χ0v) is 21.1. The van der Waals surface area contributed by atoms with Gasteiger partial charge in [-0.25, -0.2) is 9.97 Å². The van der Waals surface area contributed by atoms with E-state index in [1.165, 1.54) is 0 Å². The van der Waals surface area contributed by atoms with Gasteiger partial charge in [-0.15, -0.1) is 0 Å². The molecule has 4 nitrogen and oxygen atoms in total. The van der Waals surface area contributed by atoms with E-state index in [9.17, 15) is 0 Å². The predicted molar refractivity (Wildman–Crippen MR) is 132 cm³/mol. The van der Waals surface area contributed by atoms with Crippen molar-refractivity contribution in [3.8, 4) is 0 Å². The van der Waals surface area contributed by atoms with Gasteiger partial charge in [0.1, 0.15) is 11.6 Å². The van der Waals surface area contributed by atoms with Crippen LogP contribution >= 0.6 is 9.69 Å². The SMILES string of the molecule is C=C(/C=C\C=C(/C)c1nc2ccccc2n1C)c1nc2ccccc2n1C.[CH3-].[CH3-].[Cl][Ru+2]. The molecule has 0 saturated heterocycles. The fourth-order valence-electron chi connectivity index (χ4n) is 3.39. The van der Waals surface area contributed by atoms with Crippen LogP contribution in [0.5, 0.6) is 0 Å². The van der Waals surface area contributed by atoms with Crippen LogP contribution in [-0.4, -0.2) is 19.1 Å². The Hall–Kier alpha value is -2.49. The van der Waals surface area contributed by atoms with Crippen molar-refractivity contribution in [3.63, 3.8) is 0 Å². The quantitative estimate of drug-likeness (QED) is 0.170. The zero-order chi connectivity index (χ0) is 21.0. The first kappa shape index (κ1) is 26.5. The van der Waals surface area contributed by atoms with E-state index in [0.29, 0.717) is 0 Å². The number of nitrogens with zero attached hydrogens (tertiary/aromatic N) is 4. The Morgan fingerprint density at radius 1 is 0.871 bits per heavy atom. The summed E-state index contributed by atoms with van der Waals surface area (Å²) in [6.45, 7) is 6.26. The van der Waals surface area contributed by atoms with Crippen LogP contribution in [0.1, 0.15) is 18.6 Å². The molecular formula is C25H28ClN4Ru. The van der Waals surface area contributed by atoms with Gasteiger partial charge in [-0.1, -0.05) is 49.1 Å². The van der Waals surface area contributed by atoms with Crippen LogP contribution in [0.4, 0.5) is 0 Å². The molecule has 0 spiro atoms. The second-order valence-corrected chi connectivity index (χ2v) is 6.70. The molecule has 2 aromatic carbocycles. The first-order valence-electron chi connectivity index (χ1n) is 9.07. The van der Waals surface area contributed by atoms with Crippen molar-refractivity contribution in [1.82, 2.24) is 19.1 Å². The van der Waals surface area contributed by atoms with Gasteiger partial charge in [0.25, 0.3) is 0 Å². The Morgan fingerprint density at radius 3 is 1.84 bits per heavy atom. The molecule has 0 saturated carbocycles. The molecule has 0 amide bonds. The number of benzene rings is 2. The molecule has 4 aromatic rings. The van der Waals surface area contributed by atoms with Crippen LogP contribution in [0.25, 0.3) is 33.2 Å².